The first kappa shape index (κ1) is 15.0. The number of fused-ring (bicyclic) bond motifs is 1. The summed E-state index contributed by atoms with van der Waals surface area (Å²) < 4.78 is 6.30. The number of carboxylic acid groups (broad SMARTS) is 1. The molecule has 1 unspecified atom stereocenters. The number of hydrogen-bond donors (Lipinski definition) is 1. The summed E-state index contributed by atoms with van der Waals surface area (Å²) in [5.74, 6) is -0.811. The monoisotopic (exact) mass is 293 g/mol. The van der Waals surface area contributed by atoms with Crippen molar-refractivity contribution in [2.45, 2.75) is 13.0 Å². The molecule has 0 aliphatic rings. The molecule has 1 aromatic heterocycles. The third-order valence-electron chi connectivity index (χ3n) is 3.33. The van der Waals surface area contributed by atoms with Gasteiger partial charge >= 0.3 is 5.97 Å². The van der Waals surface area contributed by atoms with Crippen LogP contribution in [-0.2, 0) is 9.53 Å². The number of thiophene rings is 1. The summed E-state index contributed by atoms with van der Waals surface area (Å²) >= 11 is 1.72. The summed E-state index contributed by atoms with van der Waals surface area (Å²) in [6.07, 6.45) is 0. The smallest absolute Gasteiger partial charge is 0.317 e. The minimum atomic E-state index is -0.811. The molecule has 1 heterocycles. The molecule has 0 aliphatic heterocycles. The van der Waals surface area contributed by atoms with Crippen molar-refractivity contribution in [2.24, 2.45) is 0 Å². The summed E-state index contributed by atoms with van der Waals surface area (Å²) in [4.78, 5) is 14.1. The fourth-order valence-corrected chi connectivity index (χ4v) is 3.33. The van der Waals surface area contributed by atoms with E-state index < -0.39 is 5.97 Å². The van der Waals surface area contributed by atoms with Crippen molar-refractivity contribution in [3.8, 4) is 0 Å². The Balaban J connectivity index is 2.20. The van der Waals surface area contributed by atoms with Gasteiger partial charge in [-0.05, 0) is 24.4 Å². The molecule has 1 atom stereocenters. The third-order valence-corrected chi connectivity index (χ3v) is 4.61. The van der Waals surface area contributed by atoms with Crippen molar-refractivity contribution in [2.75, 3.05) is 26.8 Å². The van der Waals surface area contributed by atoms with Crippen LogP contribution in [0.4, 0.5) is 0 Å². The number of nitrogens with zero attached hydrogens (tertiary/aromatic N) is 1. The second-order valence-corrected chi connectivity index (χ2v) is 5.83. The summed E-state index contributed by atoms with van der Waals surface area (Å²) in [6, 6.07) is 10.4. The summed E-state index contributed by atoms with van der Waals surface area (Å²) in [5, 5.41) is 10.2. The molecule has 0 bridgehead atoms. The number of rotatable bonds is 7. The van der Waals surface area contributed by atoms with Crippen LogP contribution in [-0.4, -0.2) is 42.8 Å². The minimum Gasteiger partial charge on any atom is -0.480 e. The number of benzene rings is 1. The van der Waals surface area contributed by atoms with Crippen molar-refractivity contribution < 1.29 is 14.6 Å². The third kappa shape index (κ3) is 3.56. The molecular formula is C15H19NO3S. The normalized spacial score (nSPS) is 12.9. The van der Waals surface area contributed by atoms with Crippen LogP contribution in [0.1, 0.15) is 17.8 Å². The molecule has 2 rings (SSSR count). The summed E-state index contributed by atoms with van der Waals surface area (Å²) in [6.45, 7) is 3.21. The molecule has 2 aromatic rings. The SMILES string of the molecule is COCCN(CC(=O)O)C(C)c1cc2ccccc2s1. The highest BCUT2D eigenvalue weighted by molar-refractivity contribution is 7.19. The molecule has 5 heteroatoms. The van der Waals surface area contributed by atoms with Crippen molar-refractivity contribution >= 4 is 27.4 Å². The van der Waals surface area contributed by atoms with E-state index in [2.05, 4.69) is 18.2 Å². The van der Waals surface area contributed by atoms with Gasteiger partial charge in [-0.3, -0.25) is 9.69 Å². The number of ether oxygens (including phenoxy) is 1. The Morgan fingerprint density at radius 2 is 2.20 bits per heavy atom. The lowest BCUT2D eigenvalue weighted by Crippen LogP contribution is -2.34. The highest BCUT2D eigenvalue weighted by atomic mass is 32.1. The molecule has 0 fully saturated rings. The number of aliphatic carboxylic acids is 1. The first-order valence-electron chi connectivity index (χ1n) is 6.55. The number of hydrogen-bond acceptors (Lipinski definition) is 4. The van der Waals surface area contributed by atoms with Gasteiger partial charge in [0.1, 0.15) is 0 Å². The minimum absolute atomic E-state index is 0.0266. The molecule has 0 radical (unpaired) electrons. The van der Waals surface area contributed by atoms with Crippen LogP contribution >= 0.6 is 11.3 Å². The van der Waals surface area contributed by atoms with Crippen molar-refractivity contribution in [1.29, 1.82) is 0 Å². The Morgan fingerprint density at radius 1 is 1.45 bits per heavy atom. The van der Waals surface area contributed by atoms with Crippen LogP contribution in [0.2, 0.25) is 0 Å². The Bertz CT molecular complexity index is 548. The van der Waals surface area contributed by atoms with Crippen LogP contribution in [0, 0.1) is 0 Å². The van der Waals surface area contributed by atoms with Gasteiger partial charge in [0.05, 0.1) is 13.2 Å². The van der Waals surface area contributed by atoms with Crippen LogP contribution in [0.3, 0.4) is 0 Å². The quantitative estimate of drug-likeness (QED) is 0.852. The number of carbonyl (C=O) groups is 1. The van der Waals surface area contributed by atoms with E-state index in [1.165, 1.54) is 15.0 Å². The Morgan fingerprint density at radius 3 is 2.85 bits per heavy atom. The standard InChI is InChI=1S/C15H19NO3S/c1-11(16(7-8-19-2)10-15(17)18)14-9-12-5-3-4-6-13(12)20-14/h3-6,9,11H,7-8,10H2,1-2H3,(H,17,18). The molecule has 1 aromatic carbocycles. The maximum Gasteiger partial charge on any atom is 0.317 e. The largest absolute Gasteiger partial charge is 0.480 e. The van der Waals surface area contributed by atoms with Crippen LogP contribution in [0.25, 0.3) is 10.1 Å². The fraction of sp³-hybridized carbons (Fsp3) is 0.400. The van der Waals surface area contributed by atoms with Gasteiger partial charge in [0, 0.05) is 29.3 Å². The lowest BCUT2D eigenvalue weighted by atomic mass is 10.2. The van der Waals surface area contributed by atoms with Crippen molar-refractivity contribution in [3.05, 3.63) is 35.2 Å². The Hall–Kier alpha value is -1.43. The van der Waals surface area contributed by atoms with E-state index in [9.17, 15) is 4.79 Å². The lowest BCUT2D eigenvalue weighted by Gasteiger charge is -2.26. The lowest BCUT2D eigenvalue weighted by molar-refractivity contribution is -0.139. The van der Waals surface area contributed by atoms with Gasteiger partial charge in [-0.2, -0.15) is 0 Å². The zero-order chi connectivity index (χ0) is 14.5. The van der Waals surface area contributed by atoms with Crippen LogP contribution in [0.5, 0.6) is 0 Å². The second-order valence-electron chi connectivity index (χ2n) is 4.72. The van der Waals surface area contributed by atoms with Gasteiger partial charge in [0.15, 0.2) is 0 Å². The van der Waals surface area contributed by atoms with E-state index in [-0.39, 0.29) is 12.6 Å². The van der Waals surface area contributed by atoms with Crippen molar-refractivity contribution in [1.82, 2.24) is 4.90 Å². The van der Waals surface area contributed by atoms with E-state index in [1.54, 1.807) is 18.4 Å². The average Bonchev–Trinajstić information content (AvgIpc) is 2.86. The van der Waals surface area contributed by atoms with Gasteiger partial charge in [-0.1, -0.05) is 18.2 Å². The zero-order valence-corrected chi connectivity index (χ0v) is 12.5. The predicted molar refractivity (Wildman–Crippen MR) is 81.3 cm³/mol. The van der Waals surface area contributed by atoms with Gasteiger partial charge in [0.2, 0.25) is 0 Å². The zero-order valence-electron chi connectivity index (χ0n) is 11.7. The van der Waals surface area contributed by atoms with E-state index in [1.807, 2.05) is 24.0 Å². The first-order chi connectivity index (χ1) is 9.61. The van der Waals surface area contributed by atoms with Crippen LogP contribution < -0.4 is 0 Å². The van der Waals surface area contributed by atoms with E-state index >= 15 is 0 Å². The molecule has 0 saturated carbocycles. The summed E-state index contributed by atoms with van der Waals surface area (Å²) in [7, 11) is 1.63. The maximum atomic E-state index is 11.0. The molecule has 1 N–H and O–H groups in total. The van der Waals surface area contributed by atoms with E-state index in [4.69, 9.17) is 9.84 Å². The second kappa shape index (κ2) is 6.83. The molecule has 0 aliphatic carbocycles. The Kier molecular flexibility index (Phi) is 5.11. The molecule has 0 spiro atoms. The van der Waals surface area contributed by atoms with Gasteiger partial charge in [-0.25, -0.2) is 0 Å². The fourth-order valence-electron chi connectivity index (χ4n) is 2.18. The molecule has 0 amide bonds. The number of methoxy groups -OCH3 is 1. The van der Waals surface area contributed by atoms with E-state index in [0.29, 0.717) is 13.2 Å². The average molecular weight is 293 g/mol. The molecule has 108 valence electrons. The van der Waals surface area contributed by atoms with Gasteiger partial charge < -0.3 is 9.84 Å². The predicted octanol–water partition coefficient (Wildman–Crippen LogP) is 3.00. The molecular weight excluding hydrogens is 274 g/mol. The topological polar surface area (TPSA) is 49.8 Å². The van der Waals surface area contributed by atoms with Crippen molar-refractivity contribution in [3.63, 3.8) is 0 Å². The molecule has 0 saturated heterocycles. The van der Waals surface area contributed by atoms with Crippen LogP contribution in [0.15, 0.2) is 30.3 Å². The van der Waals surface area contributed by atoms with Gasteiger partial charge in [-0.15, -0.1) is 11.3 Å². The maximum absolute atomic E-state index is 11.0. The Labute approximate surface area is 122 Å². The highest BCUT2D eigenvalue weighted by Gasteiger charge is 2.20. The van der Waals surface area contributed by atoms with Gasteiger partial charge in [0.25, 0.3) is 0 Å². The first-order valence-corrected chi connectivity index (χ1v) is 7.36. The number of carboxylic acids is 1. The molecule has 4 nitrogen and oxygen atoms in total. The summed E-state index contributed by atoms with van der Waals surface area (Å²) in [5.41, 5.74) is 0. The van der Waals surface area contributed by atoms with E-state index in [0.717, 1.165) is 0 Å². The highest BCUT2D eigenvalue weighted by Crippen LogP contribution is 2.32. The molecule has 20 heavy (non-hydrogen) atoms.